The molecule has 220 valence electrons. The van der Waals surface area contributed by atoms with E-state index < -0.39 is 28.1 Å². The van der Waals surface area contributed by atoms with E-state index >= 15 is 0 Å². The predicted octanol–water partition coefficient (Wildman–Crippen LogP) is 4.28. The zero-order valence-corrected chi connectivity index (χ0v) is 22.7. The number of benzene rings is 2. The number of nitrogens with zero attached hydrogens (tertiary/aromatic N) is 2. The van der Waals surface area contributed by atoms with Gasteiger partial charge in [-0.1, -0.05) is 6.42 Å². The molecule has 0 amide bonds. The topological polar surface area (TPSA) is 136 Å². The fourth-order valence-electron chi connectivity index (χ4n) is 4.77. The second-order valence-corrected chi connectivity index (χ2v) is 11.1. The van der Waals surface area contributed by atoms with Crippen LogP contribution in [0.25, 0.3) is 0 Å². The summed E-state index contributed by atoms with van der Waals surface area (Å²) < 4.78 is 64.8. The van der Waals surface area contributed by atoms with Crippen LogP contribution in [0.1, 0.15) is 42.5 Å². The van der Waals surface area contributed by atoms with Crippen LogP contribution in [-0.4, -0.2) is 81.0 Å². The minimum Gasteiger partial charge on any atom is -0.497 e. The second kappa shape index (κ2) is 13.2. The molecule has 0 bridgehead atoms. The van der Waals surface area contributed by atoms with E-state index in [9.17, 15) is 31.5 Å². The summed E-state index contributed by atoms with van der Waals surface area (Å²) in [5.74, 6) is -3.28. The van der Waals surface area contributed by atoms with Crippen molar-refractivity contribution in [3.8, 4) is 5.75 Å². The number of carbonyl (C=O) groups is 2. The van der Waals surface area contributed by atoms with Gasteiger partial charge in [0.2, 0.25) is 0 Å². The van der Waals surface area contributed by atoms with E-state index in [4.69, 9.17) is 14.6 Å². The first-order chi connectivity index (χ1) is 18.8. The van der Waals surface area contributed by atoms with Crippen LogP contribution < -0.4 is 14.4 Å². The van der Waals surface area contributed by atoms with Gasteiger partial charge in [0.05, 0.1) is 23.3 Å². The number of anilines is 2. The summed E-state index contributed by atoms with van der Waals surface area (Å²) in [6.07, 6.45) is 0.760. The summed E-state index contributed by atoms with van der Waals surface area (Å²) in [7, 11) is -2.35. The minimum atomic E-state index is -5.08. The average molecular weight is 588 g/mol. The molecule has 2 heterocycles. The van der Waals surface area contributed by atoms with E-state index in [0.29, 0.717) is 17.5 Å². The Kier molecular flexibility index (Phi) is 10.3. The van der Waals surface area contributed by atoms with Gasteiger partial charge in [-0.2, -0.15) is 13.2 Å². The lowest BCUT2D eigenvalue weighted by atomic mass is 9.98. The molecule has 0 radical (unpaired) electrons. The van der Waals surface area contributed by atoms with Crippen molar-refractivity contribution in [2.75, 3.05) is 42.9 Å². The highest BCUT2D eigenvalue weighted by Crippen LogP contribution is 2.30. The molecule has 2 aromatic carbocycles. The number of carboxylic acid groups (broad SMARTS) is 2. The second-order valence-electron chi connectivity index (χ2n) is 9.44. The molecule has 2 aromatic rings. The van der Waals surface area contributed by atoms with Gasteiger partial charge < -0.3 is 24.7 Å². The normalized spacial score (nSPS) is 16.9. The van der Waals surface area contributed by atoms with Gasteiger partial charge in [-0.15, -0.1) is 0 Å². The summed E-state index contributed by atoms with van der Waals surface area (Å²) in [4.78, 5) is 25.7. The van der Waals surface area contributed by atoms with Crippen LogP contribution in [0.4, 0.5) is 24.5 Å². The molecule has 0 aromatic heterocycles. The molecule has 3 N–H and O–H groups in total. The van der Waals surface area contributed by atoms with Crippen molar-refractivity contribution in [2.45, 2.75) is 49.2 Å². The molecule has 4 rings (SSSR count). The largest absolute Gasteiger partial charge is 0.497 e. The Morgan fingerprint density at radius 2 is 1.52 bits per heavy atom. The van der Waals surface area contributed by atoms with Crippen LogP contribution >= 0.6 is 0 Å². The smallest absolute Gasteiger partial charge is 0.490 e. The third kappa shape index (κ3) is 8.24. The molecule has 2 aliphatic heterocycles. The van der Waals surface area contributed by atoms with Gasteiger partial charge in [0.25, 0.3) is 10.0 Å². The number of alkyl halides is 3. The van der Waals surface area contributed by atoms with Crippen molar-refractivity contribution in [3.05, 3.63) is 48.0 Å². The van der Waals surface area contributed by atoms with Crippen LogP contribution in [0.5, 0.6) is 5.75 Å². The first-order valence-electron chi connectivity index (χ1n) is 12.6. The highest BCUT2D eigenvalue weighted by molar-refractivity contribution is 7.92. The monoisotopic (exact) mass is 587 g/mol. The maximum atomic E-state index is 12.7. The van der Waals surface area contributed by atoms with Crippen LogP contribution in [0.3, 0.4) is 0 Å². The summed E-state index contributed by atoms with van der Waals surface area (Å²) in [5.41, 5.74) is 0.948. The standard InChI is InChI=1S/C24H31N3O5S.C2HF3O2/c1-32-20-6-8-21(9-7-20)33(30,31)25-18-5-10-23(22(17-18)24(28)29)27-15-11-19(12-16-27)26-13-3-2-4-14-26;3-2(4,5)1(6)7/h5-10,17,19,25H,2-4,11-16H2,1H3,(H,28,29);(H,6,7). The van der Waals surface area contributed by atoms with Gasteiger partial charge in [-0.25, -0.2) is 18.0 Å². The van der Waals surface area contributed by atoms with Gasteiger partial charge in [-0.05, 0) is 81.2 Å². The third-order valence-electron chi connectivity index (χ3n) is 6.80. The fourth-order valence-corrected chi connectivity index (χ4v) is 5.82. The molecule has 0 atom stereocenters. The number of halogens is 3. The van der Waals surface area contributed by atoms with E-state index in [0.717, 1.165) is 39.0 Å². The quantitative estimate of drug-likeness (QED) is 0.434. The van der Waals surface area contributed by atoms with E-state index in [1.807, 2.05) is 0 Å². The first kappa shape index (κ1) is 31.0. The number of ether oxygens (including phenoxy) is 1. The number of likely N-dealkylation sites (tertiary alicyclic amines) is 1. The van der Waals surface area contributed by atoms with Gasteiger partial charge in [-0.3, -0.25) is 4.72 Å². The van der Waals surface area contributed by atoms with Crippen LogP contribution in [0, 0.1) is 0 Å². The van der Waals surface area contributed by atoms with Crippen molar-refractivity contribution in [2.24, 2.45) is 0 Å². The third-order valence-corrected chi connectivity index (χ3v) is 8.20. The summed E-state index contributed by atoms with van der Waals surface area (Å²) in [6, 6.07) is 11.3. The molecule has 40 heavy (non-hydrogen) atoms. The molecule has 0 aliphatic carbocycles. The van der Waals surface area contributed by atoms with Gasteiger partial charge in [0, 0.05) is 24.8 Å². The number of aromatic carboxylic acids is 1. The van der Waals surface area contributed by atoms with E-state index in [2.05, 4.69) is 14.5 Å². The van der Waals surface area contributed by atoms with E-state index in [-0.39, 0.29) is 16.1 Å². The van der Waals surface area contributed by atoms with Gasteiger partial charge in [0.1, 0.15) is 5.75 Å². The van der Waals surface area contributed by atoms with Crippen LogP contribution in [0.15, 0.2) is 47.4 Å². The summed E-state index contributed by atoms with van der Waals surface area (Å²) in [5, 5.41) is 16.9. The number of hydrogen-bond donors (Lipinski definition) is 3. The Morgan fingerprint density at radius 3 is 2.02 bits per heavy atom. The lowest BCUT2D eigenvalue weighted by Gasteiger charge is -2.41. The number of rotatable bonds is 7. The average Bonchev–Trinajstić information content (AvgIpc) is 2.93. The number of sulfonamides is 1. The number of carboxylic acids is 2. The minimum absolute atomic E-state index is 0.0732. The van der Waals surface area contributed by atoms with Crippen molar-refractivity contribution >= 4 is 33.3 Å². The van der Waals surface area contributed by atoms with E-state index in [1.54, 1.807) is 24.3 Å². The SMILES string of the molecule is COc1ccc(S(=O)(=O)Nc2ccc(N3CCC(N4CCCCC4)CC3)c(C(=O)O)c2)cc1.O=C(O)C(F)(F)F. The Hall–Kier alpha value is -3.52. The predicted molar refractivity (Wildman–Crippen MR) is 142 cm³/mol. The molecule has 0 saturated carbocycles. The molecule has 2 fully saturated rings. The lowest BCUT2D eigenvalue weighted by Crippen LogP contribution is -2.47. The van der Waals surface area contributed by atoms with Crippen LogP contribution in [0.2, 0.25) is 0 Å². The number of aliphatic carboxylic acids is 1. The molecular weight excluding hydrogens is 555 g/mol. The maximum Gasteiger partial charge on any atom is 0.490 e. The molecule has 2 aliphatic rings. The molecule has 14 heteroatoms. The van der Waals surface area contributed by atoms with Crippen molar-refractivity contribution in [1.82, 2.24) is 4.90 Å². The zero-order valence-electron chi connectivity index (χ0n) is 21.9. The molecule has 0 unspecified atom stereocenters. The highest BCUT2D eigenvalue weighted by Gasteiger charge is 2.38. The lowest BCUT2D eigenvalue weighted by molar-refractivity contribution is -0.192. The maximum absolute atomic E-state index is 12.7. The summed E-state index contributed by atoms with van der Waals surface area (Å²) in [6.45, 7) is 3.90. The van der Waals surface area contributed by atoms with Crippen molar-refractivity contribution in [3.63, 3.8) is 0 Å². The molecule has 2 saturated heterocycles. The summed E-state index contributed by atoms with van der Waals surface area (Å²) >= 11 is 0. The number of methoxy groups -OCH3 is 1. The Bertz CT molecular complexity index is 1270. The van der Waals surface area contributed by atoms with Crippen molar-refractivity contribution < 1.29 is 46.1 Å². The number of nitrogens with one attached hydrogen (secondary N) is 1. The number of piperidine rings is 2. The van der Waals surface area contributed by atoms with Gasteiger partial charge in [0.15, 0.2) is 0 Å². The molecule has 0 spiro atoms. The van der Waals surface area contributed by atoms with Crippen LogP contribution in [-0.2, 0) is 14.8 Å². The Balaban J connectivity index is 0.000000559. The van der Waals surface area contributed by atoms with Gasteiger partial charge >= 0.3 is 18.1 Å². The Morgan fingerprint density at radius 1 is 0.950 bits per heavy atom. The molecule has 10 nitrogen and oxygen atoms in total. The fraction of sp³-hybridized carbons (Fsp3) is 0.462. The first-order valence-corrected chi connectivity index (χ1v) is 14.1. The highest BCUT2D eigenvalue weighted by atomic mass is 32.2. The Labute approximate surface area is 230 Å². The number of hydrogen-bond acceptors (Lipinski definition) is 7. The molecular formula is C26H32F3N3O7S. The van der Waals surface area contributed by atoms with Crippen molar-refractivity contribution in [1.29, 1.82) is 0 Å². The zero-order chi connectivity index (χ0) is 29.5. The van der Waals surface area contributed by atoms with E-state index in [1.165, 1.54) is 44.6 Å².